The van der Waals surface area contributed by atoms with Crippen molar-refractivity contribution in [2.75, 3.05) is 14.2 Å². The molecule has 142 valence electrons. The van der Waals surface area contributed by atoms with E-state index in [2.05, 4.69) is 5.32 Å². The van der Waals surface area contributed by atoms with Gasteiger partial charge in [-0.25, -0.2) is 4.79 Å². The van der Waals surface area contributed by atoms with E-state index in [0.717, 1.165) is 16.7 Å². The lowest BCUT2D eigenvalue weighted by Gasteiger charge is -2.23. The van der Waals surface area contributed by atoms with Gasteiger partial charge in [0.25, 0.3) is 5.91 Å². The maximum Gasteiger partial charge on any atom is 0.325 e. The van der Waals surface area contributed by atoms with E-state index >= 15 is 0 Å². The number of rotatable bonds is 5. The molecule has 1 saturated heterocycles. The van der Waals surface area contributed by atoms with E-state index in [1.807, 2.05) is 32.0 Å². The Bertz CT molecular complexity index is 909. The average Bonchev–Trinajstić information content (AvgIpc) is 2.88. The van der Waals surface area contributed by atoms with Crippen molar-refractivity contribution >= 4 is 11.9 Å². The largest absolute Gasteiger partial charge is 0.493 e. The number of carbonyl (C=O) groups is 2. The van der Waals surface area contributed by atoms with Crippen LogP contribution in [0.4, 0.5) is 4.79 Å². The minimum Gasteiger partial charge on any atom is -0.493 e. The number of ether oxygens (including phenoxy) is 2. The van der Waals surface area contributed by atoms with Crippen LogP contribution in [0.15, 0.2) is 36.4 Å². The van der Waals surface area contributed by atoms with Crippen LogP contribution in [0.1, 0.15) is 29.2 Å². The van der Waals surface area contributed by atoms with Crippen LogP contribution >= 0.6 is 0 Å². The molecule has 1 aliphatic rings. The molecular weight excluding hydrogens is 344 g/mol. The summed E-state index contributed by atoms with van der Waals surface area (Å²) in [4.78, 5) is 27.0. The Morgan fingerprint density at radius 1 is 1.00 bits per heavy atom. The monoisotopic (exact) mass is 368 g/mol. The van der Waals surface area contributed by atoms with Crippen LogP contribution in [0.3, 0.4) is 0 Å². The second-order valence-corrected chi connectivity index (χ2v) is 6.95. The van der Waals surface area contributed by atoms with Crippen molar-refractivity contribution in [2.45, 2.75) is 32.9 Å². The fraction of sp³-hybridized carbons (Fsp3) is 0.333. The molecule has 6 nitrogen and oxygen atoms in total. The van der Waals surface area contributed by atoms with E-state index < -0.39 is 11.6 Å². The molecule has 0 spiro atoms. The molecule has 3 rings (SSSR count). The van der Waals surface area contributed by atoms with Crippen molar-refractivity contribution in [3.8, 4) is 11.5 Å². The summed E-state index contributed by atoms with van der Waals surface area (Å²) >= 11 is 0. The number of nitrogens with zero attached hydrogens (tertiary/aromatic N) is 1. The molecule has 0 saturated carbocycles. The summed E-state index contributed by atoms with van der Waals surface area (Å²) in [5, 5.41) is 2.83. The number of urea groups is 1. The van der Waals surface area contributed by atoms with Gasteiger partial charge in [0.05, 0.1) is 20.8 Å². The number of hydrogen-bond donors (Lipinski definition) is 1. The normalized spacial score (nSPS) is 19.2. The predicted molar refractivity (Wildman–Crippen MR) is 102 cm³/mol. The third kappa shape index (κ3) is 3.23. The molecule has 0 aromatic heterocycles. The average molecular weight is 368 g/mol. The Morgan fingerprint density at radius 3 is 2.37 bits per heavy atom. The van der Waals surface area contributed by atoms with Crippen LogP contribution in [-0.4, -0.2) is 31.1 Å². The van der Waals surface area contributed by atoms with E-state index in [9.17, 15) is 9.59 Å². The molecule has 3 amide bonds. The first-order valence-corrected chi connectivity index (χ1v) is 8.73. The number of imide groups is 1. The molecule has 1 atom stereocenters. The Labute approximate surface area is 159 Å². The molecule has 0 radical (unpaired) electrons. The lowest BCUT2D eigenvalue weighted by Crippen LogP contribution is -2.40. The minimum absolute atomic E-state index is 0.237. The number of hydrogen-bond acceptors (Lipinski definition) is 4. The summed E-state index contributed by atoms with van der Waals surface area (Å²) < 4.78 is 10.6. The van der Waals surface area contributed by atoms with Crippen LogP contribution in [0, 0.1) is 13.8 Å². The number of nitrogens with one attached hydrogen (secondary N) is 1. The highest BCUT2D eigenvalue weighted by Gasteiger charge is 2.49. The molecule has 1 unspecified atom stereocenters. The van der Waals surface area contributed by atoms with Gasteiger partial charge in [0.15, 0.2) is 11.5 Å². The summed E-state index contributed by atoms with van der Waals surface area (Å²) in [5.74, 6) is 0.778. The van der Waals surface area contributed by atoms with E-state index in [1.54, 1.807) is 32.2 Å². The van der Waals surface area contributed by atoms with Gasteiger partial charge in [0, 0.05) is 0 Å². The standard InChI is InChI=1S/C21H24N2O4/c1-13-6-7-14(2)15(10-13)12-23-19(24)21(3,22-20(23)25)16-8-9-17(26-4)18(11-16)27-5/h6-11H,12H2,1-5H3,(H,22,25). The Balaban J connectivity index is 1.94. The zero-order chi connectivity index (χ0) is 19.8. The second kappa shape index (κ2) is 6.95. The summed E-state index contributed by atoms with van der Waals surface area (Å²) in [7, 11) is 3.08. The van der Waals surface area contributed by atoms with Crippen LogP contribution < -0.4 is 14.8 Å². The van der Waals surface area contributed by atoms with Gasteiger partial charge in [-0.2, -0.15) is 0 Å². The first-order chi connectivity index (χ1) is 12.8. The van der Waals surface area contributed by atoms with Crippen molar-refractivity contribution in [3.63, 3.8) is 0 Å². The van der Waals surface area contributed by atoms with Crippen LogP contribution in [0.2, 0.25) is 0 Å². The Hall–Kier alpha value is -3.02. The topological polar surface area (TPSA) is 67.9 Å². The second-order valence-electron chi connectivity index (χ2n) is 6.95. The molecular formula is C21H24N2O4. The van der Waals surface area contributed by atoms with Crippen molar-refractivity contribution in [1.82, 2.24) is 10.2 Å². The van der Waals surface area contributed by atoms with Crippen molar-refractivity contribution in [1.29, 1.82) is 0 Å². The van der Waals surface area contributed by atoms with Gasteiger partial charge in [-0.05, 0) is 49.6 Å². The molecule has 27 heavy (non-hydrogen) atoms. The van der Waals surface area contributed by atoms with Gasteiger partial charge in [-0.15, -0.1) is 0 Å². The third-order valence-corrected chi connectivity index (χ3v) is 5.07. The highest BCUT2D eigenvalue weighted by atomic mass is 16.5. The van der Waals surface area contributed by atoms with Gasteiger partial charge in [0.2, 0.25) is 0 Å². The lowest BCUT2D eigenvalue weighted by molar-refractivity contribution is -0.131. The molecule has 2 aromatic carbocycles. The summed E-state index contributed by atoms with van der Waals surface area (Å²) in [6, 6.07) is 10.8. The summed E-state index contributed by atoms with van der Waals surface area (Å²) in [6.07, 6.45) is 0. The van der Waals surface area contributed by atoms with Gasteiger partial charge in [0.1, 0.15) is 5.54 Å². The van der Waals surface area contributed by atoms with Gasteiger partial charge >= 0.3 is 6.03 Å². The maximum absolute atomic E-state index is 13.2. The minimum atomic E-state index is -1.16. The zero-order valence-electron chi connectivity index (χ0n) is 16.3. The van der Waals surface area contributed by atoms with Crippen molar-refractivity contribution in [2.24, 2.45) is 0 Å². The van der Waals surface area contributed by atoms with Crippen LogP contribution in [-0.2, 0) is 16.9 Å². The molecule has 0 aliphatic carbocycles. The van der Waals surface area contributed by atoms with E-state index in [0.29, 0.717) is 17.1 Å². The van der Waals surface area contributed by atoms with E-state index in [4.69, 9.17) is 9.47 Å². The predicted octanol–water partition coefficient (Wildman–Crippen LogP) is 3.29. The van der Waals surface area contributed by atoms with Gasteiger partial charge in [-0.3, -0.25) is 9.69 Å². The molecule has 1 aliphatic heterocycles. The summed E-state index contributed by atoms with van der Waals surface area (Å²) in [6.45, 7) is 5.90. The quantitative estimate of drug-likeness (QED) is 0.823. The Morgan fingerprint density at radius 2 is 1.70 bits per heavy atom. The highest BCUT2D eigenvalue weighted by Crippen LogP contribution is 2.35. The summed E-state index contributed by atoms with van der Waals surface area (Å²) in [5.41, 5.74) is 2.57. The first-order valence-electron chi connectivity index (χ1n) is 8.73. The zero-order valence-corrected chi connectivity index (χ0v) is 16.3. The van der Waals surface area contributed by atoms with E-state index in [-0.39, 0.29) is 12.5 Å². The number of carbonyl (C=O) groups excluding carboxylic acids is 2. The molecule has 6 heteroatoms. The molecule has 1 heterocycles. The fourth-order valence-electron chi connectivity index (χ4n) is 3.32. The number of benzene rings is 2. The molecule has 0 bridgehead atoms. The molecule has 1 fully saturated rings. The van der Waals surface area contributed by atoms with Crippen molar-refractivity contribution in [3.05, 3.63) is 58.7 Å². The van der Waals surface area contributed by atoms with Crippen LogP contribution in [0.25, 0.3) is 0 Å². The van der Waals surface area contributed by atoms with Gasteiger partial charge in [-0.1, -0.05) is 29.8 Å². The fourth-order valence-corrected chi connectivity index (χ4v) is 3.32. The highest BCUT2D eigenvalue weighted by molar-refractivity contribution is 6.07. The lowest BCUT2D eigenvalue weighted by atomic mass is 9.91. The van der Waals surface area contributed by atoms with Crippen molar-refractivity contribution < 1.29 is 19.1 Å². The SMILES string of the molecule is COc1ccc(C2(C)NC(=O)N(Cc3cc(C)ccc3C)C2=O)cc1OC. The third-order valence-electron chi connectivity index (χ3n) is 5.07. The molecule has 2 aromatic rings. The van der Waals surface area contributed by atoms with Crippen LogP contribution in [0.5, 0.6) is 11.5 Å². The molecule has 1 N–H and O–H groups in total. The number of aryl methyl sites for hydroxylation is 2. The van der Waals surface area contributed by atoms with E-state index in [1.165, 1.54) is 12.0 Å². The van der Waals surface area contributed by atoms with Gasteiger partial charge < -0.3 is 14.8 Å². The first kappa shape index (κ1) is 18.8. The smallest absolute Gasteiger partial charge is 0.325 e. The maximum atomic E-state index is 13.2. The number of amides is 3. The number of methoxy groups -OCH3 is 2. The Kier molecular flexibility index (Phi) is 4.83.